The molecule has 1 saturated heterocycles. The number of aliphatic hydroxyl groups excluding tert-OH is 1. The summed E-state index contributed by atoms with van der Waals surface area (Å²) >= 11 is 0. The van der Waals surface area contributed by atoms with Gasteiger partial charge < -0.3 is 20.5 Å². The highest BCUT2D eigenvalue weighted by atomic mass is 16.5. The van der Waals surface area contributed by atoms with Gasteiger partial charge in [-0.1, -0.05) is 32.9 Å². The first-order valence-electron chi connectivity index (χ1n) is 7.79. The molecule has 2 rings (SSSR count). The van der Waals surface area contributed by atoms with Crippen LogP contribution in [0.15, 0.2) is 24.3 Å². The van der Waals surface area contributed by atoms with E-state index in [1.807, 2.05) is 12.1 Å². The number of nitrogens with one attached hydrogen (secondary N) is 2. The Morgan fingerprint density at radius 3 is 2.59 bits per heavy atom. The highest BCUT2D eigenvalue weighted by Crippen LogP contribution is 2.24. The van der Waals surface area contributed by atoms with Crippen LogP contribution in [0.4, 0.5) is 0 Å². The number of carbonyl (C=O) groups excluding carboxylic acids is 1. The molecule has 0 radical (unpaired) electrons. The number of rotatable bonds is 5. The van der Waals surface area contributed by atoms with Gasteiger partial charge in [0.15, 0.2) is 0 Å². The minimum Gasteiger partial charge on any atom is -0.492 e. The van der Waals surface area contributed by atoms with Crippen LogP contribution in [0.2, 0.25) is 0 Å². The minimum atomic E-state index is -0.423. The molecular weight excluding hydrogens is 280 g/mol. The summed E-state index contributed by atoms with van der Waals surface area (Å²) in [6.07, 6.45) is 0.0503. The monoisotopic (exact) mass is 306 g/mol. The second-order valence-electron chi connectivity index (χ2n) is 6.76. The molecule has 0 saturated carbocycles. The molecule has 2 atom stereocenters. The van der Waals surface area contributed by atoms with Crippen LogP contribution in [0, 0.1) is 0 Å². The molecule has 0 spiro atoms. The van der Waals surface area contributed by atoms with E-state index in [0.717, 1.165) is 5.75 Å². The Kier molecular flexibility index (Phi) is 5.42. The minimum absolute atomic E-state index is 0.0803. The van der Waals surface area contributed by atoms with Crippen molar-refractivity contribution in [2.75, 3.05) is 19.7 Å². The van der Waals surface area contributed by atoms with Crippen molar-refractivity contribution in [3.63, 3.8) is 0 Å². The van der Waals surface area contributed by atoms with E-state index < -0.39 is 6.10 Å². The van der Waals surface area contributed by atoms with E-state index >= 15 is 0 Å². The largest absolute Gasteiger partial charge is 0.492 e. The summed E-state index contributed by atoms with van der Waals surface area (Å²) in [6, 6.07) is 7.76. The van der Waals surface area contributed by atoms with E-state index in [1.165, 1.54) is 5.56 Å². The lowest BCUT2D eigenvalue weighted by Crippen LogP contribution is -2.41. The van der Waals surface area contributed by atoms with Gasteiger partial charge in [0, 0.05) is 6.54 Å². The van der Waals surface area contributed by atoms with Crippen molar-refractivity contribution in [3.05, 3.63) is 29.8 Å². The van der Waals surface area contributed by atoms with Crippen molar-refractivity contribution in [2.45, 2.75) is 44.8 Å². The number of carbonyl (C=O) groups is 1. The molecule has 5 nitrogen and oxygen atoms in total. The SMILES string of the molecule is CC(C)(C)c1ccc(OCCNC(=O)C2CC(O)CN2)cc1. The maximum atomic E-state index is 11.8. The van der Waals surface area contributed by atoms with Gasteiger partial charge in [-0.05, 0) is 29.5 Å². The molecule has 3 N–H and O–H groups in total. The van der Waals surface area contributed by atoms with Crippen molar-refractivity contribution in [1.82, 2.24) is 10.6 Å². The molecule has 5 heteroatoms. The number of hydrogen-bond donors (Lipinski definition) is 3. The van der Waals surface area contributed by atoms with Gasteiger partial charge in [0.2, 0.25) is 5.91 Å². The molecule has 1 fully saturated rings. The van der Waals surface area contributed by atoms with E-state index in [1.54, 1.807) is 0 Å². The average Bonchev–Trinajstić information content (AvgIpc) is 2.89. The van der Waals surface area contributed by atoms with Crippen LogP contribution < -0.4 is 15.4 Å². The number of benzene rings is 1. The molecule has 1 aromatic rings. The molecule has 0 aromatic heterocycles. The van der Waals surface area contributed by atoms with Gasteiger partial charge in [-0.3, -0.25) is 4.79 Å². The molecule has 1 aromatic carbocycles. The normalized spacial score (nSPS) is 21.6. The molecule has 0 aliphatic carbocycles. The van der Waals surface area contributed by atoms with E-state index in [0.29, 0.717) is 26.1 Å². The Balaban J connectivity index is 1.69. The predicted molar refractivity (Wildman–Crippen MR) is 86.1 cm³/mol. The van der Waals surface area contributed by atoms with E-state index in [4.69, 9.17) is 4.74 Å². The number of amides is 1. The van der Waals surface area contributed by atoms with Gasteiger partial charge in [0.25, 0.3) is 0 Å². The van der Waals surface area contributed by atoms with E-state index in [-0.39, 0.29) is 17.4 Å². The summed E-state index contributed by atoms with van der Waals surface area (Å²) in [6.45, 7) is 7.88. The van der Waals surface area contributed by atoms with E-state index in [2.05, 4.69) is 43.5 Å². The fraction of sp³-hybridized carbons (Fsp3) is 0.588. The fourth-order valence-electron chi connectivity index (χ4n) is 2.43. The number of β-amino-alcohol motifs (C(OH)–C–C–N with tert-alkyl or cyclic N) is 1. The average molecular weight is 306 g/mol. The van der Waals surface area contributed by atoms with E-state index in [9.17, 15) is 9.90 Å². The smallest absolute Gasteiger partial charge is 0.237 e. The topological polar surface area (TPSA) is 70.6 Å². The molecule has 122 valence electrons. The van der Waals surface area contributed by atoms with Gasteiger partial charge in [0.05, 0.1) is 18.7 Å². The van der Waals surface area contributed by atoms with Crippen LogP contribution >= 0.6 is 0 Å². The second kappa shape index (κ2) is 7.11. The summed E-state index contributed by atoms with van der Waals surface area (Å²) < 4.78 is 5.62. The van der Waals surface area contributed by atoms with Gasteiger partial charge in [-0.15, -0.1) is 0 Å². The van der Waals surface area contributed by atoms with Crippen molar-refractivity contribution >= 4 is 5.91 Å². The van der Waals surface area contributed by atoms with Crippen LogP contribution in [-0.4, -0.2) is 42.9 Å². The standard InChI is InChI=1S/C17H26N2O3/c1-17(2,3)12-4-6-14(7-5-12)22-9-8-18-16(21)15-10-13(20)11-19-15/h4-7,13,15,19-20H,8-11H2,1-3H3,(H,18,21). The molecule has 22 heavy (non-hydrogen) atoms. The molecule has 1 heterocycles. The highest BCUT2D eigenvalue weighted by Gasteiger charge is 2.27. The number of aliphatic hydroxyl groups is 1. The number of hydrogen-bond acceptors (Lipinski definition) is 4. The van der Waals surface area contributed by atoms with Gasteiger partial charge in [-0.25, -0.2) is 0 Å². The zero-order valence-electron chi connectivity index (χ0n) is 13.6. The van der Waals surface area contributed by atoms with Crippen molar-refractivity contribution < 1.29 is 14.6 Å². The second-order valence-corrected chi connectivity index (χ2v) is 6.76. The maximum Gasteiger partial charge on any atom is 0.237 e. The third kappa shape index (κ3) is 4.71. The summed E-state index contributed by atoms with van der Waals surface area (Å²) in [5.74, 6) is 0.722. The Morgan fingerprint density at radius 1 is 1.36 bits per heavy atom. The third-order valence-corrected chi connectivity index (χ3v) is 3.81. The zero-order chi connectivity index (χ0) is 16.2. The lowest BCUT2D eigenvalue weighted by molar-refractivity contribution is -0.123. The first-order valence-corrected chi connectivity index (χ1v) is 7.79. The van der Waals surface area contributed by atoms with Crippen molar-refractivity contribution in [2.24, 2.45) is 0 Å². The Hall–Kier alpha value is -1.59. The van der Waals surface area contributed by atoms with Crippen LogP contribution in [0.1, 0.15) is 32.8 Å². The molecule has 0 bridgehead atoms. The Labute approximate surface area is 132 Å². The highest BCUT2D eigenvalue weighted by molar-refractivity contribution is 5.82. The van der Waals surface area contributed by atoms with Crippen LogP contribution in [0.5, 0.6) is 5.75 Å². The summed E-state index contributed by atoms with van der Waals surface area (Å²) in [4.78, 5) is 11.8. The zero-order valence-corrected chi connectivity index (χ0v) is 13.6. The maximum absolute atomic E-state index is 11.8. The van der Waals surface area contributed by atoms with Crippen LogP contribution in [-0.2, 0) is 10.2 Å². The summed E-state index contributed by atoms with van der Waals surface area (Å²) in [7, 11) is 0. The Bertz CT molecular complexity index is 494. The van der Waals surface area contributed by atoms with Crippen molar-refractivity contribution in [1.29, 1.82) is 0 Å². The van der Waals surface area contributed by atoms with Crippen molar-refractivity contribution in [3.8, 4) is 5.75 Å². The molecule has 1 aliphatic rings. The third-order valence-electron chi connectivity index (χ3n) is 3.81. The molecule has 1 aliphatic heterocycles. The summed E-state index contributed by atoms with van der Waals surface area (Å²) in [5, 5.41) is 15.2. The first-order chi connectivity index (χ1) is 10.4. The Morgan fingerprint density at radius 2 is 2.05 bits per heavy atom. The lowest BCUT2D eigenvalue weighted by Gasteiger charge is -2.19. The first kappa shape index (κ1) is 16.8. The fourth-order valence-corrected chi connectivity index (χ4v) is 2.43. The quantitative estimate of drug-likeness (QED) is 0.715. The van der Waals surface area contributed by atoms with Gasteiger partial charge in [-0.2, -0.15) is 0 Å². The molecule has 2 unspecified atom stereocenters. The molecular formula is C17H26N2O3. The van der Waals surface area contributed by atoms with Gasteiger partial charge >= 0.3 is 0 Å². The van der Waals surface area contributed by atoms with Crippen LogP contribution in [0.25, 0.3) is 0 Å². The summed E-state index contributed by atoms with van der Waals surface area (Å²) in [5.41, 5.74) is 1.39. The lowest BCUT2D eigenvalue weighted by atomic mass is 9.87. The molecule has 1 amide bonds. The number of ether oxygens (including phenoxy) is 1. The van der Waals surface area contributed by atoms with Gasteiger partial charge in [0.1, 0.15) is 12.4 Å². The van der Waals surface area contributed by atoms with Crippen LogP contribution in [0.3, 0.4) is 0 Å². The predicted octanol–water partition coefficient (Wildman–Crippen LogP) is 1.20.